The fourth-order valence-electron chi connectivity index (χ4n) is 3.19. The fourth-order valence-corrected chi connectivity index (χ4v) is 3.19. The molecule has 1 aromatic heterocycles. The number of anilines is 1. The van der Waals surface area contributed by atoms with Gasteiger partial charge in [0.25, 0.3) is 5.56 Å². The average Bonchev–Trinajstić information content (AvgIpc) is 2.76. The molecule has 4 atom stereocenters. The maximum absolute atomic E-state index is 12.2. The minimum Gasteiger partial charge on any atom is -0.462 e. The van der Waals surface area contributed by atoms with Crippen LogP contribution in [-0.4, -0.2) is 82.5 Å². The molecule has 1 rings (SSSR count). The number of hydrogen-bond acceptors (Lipinski definition) is 15. The Morgan fingerprint density at radius 1 is 0.872 bits per heavy atom. The van der Waals surface area contributed by atoms with Crippen LogP contribution in [0, 0.1) is 6.92 Å². The third-order valence-electron chi connectivity index (χ3n) is 4.44. The molecule has 1 heterocycles. The lowest BCUT2D eigenvalue weighted by Crippen LogP contribution is -2.53. The van der Waals surface area contributed by atoms with Gasteiger partial charge in [0.05, 0.1) is 6.21 Å². The van der Waals surface area contributed by atoms with Gasteiger partial charge in [0, 0.05) is 53.3 Å². The molecule has 1 N–H and O–H groups in total. The molecule has 0 bridgehead atoms. The predicted molar refractivity (Wildman–Crippen MR) is 130 cm³/mol. The van der Waals surface area contributed by atoms with E-state index in [2.05, 4.69) is 15.5 Å². The van der Waals surface area contributed by atoms with E-state index in [0.29, 0.717) is 4.57 Å². The van der Waals surface area contributed by atoms with Gasteiger partial charge < -0.3 is 23.7 Å². The van der Waals surface area contributed by atoms with Gasteiger partial charge in [0.15, 0.2) is 24.4 Å². The van der Waals surface area contributed by atoms with Crippen molar-refractivity contribution in [3.05, 3.63) is 22.1 Å². The van der Waals surface area contributed by atoms with Gasteiger partial charge in [-0.1, -0.05) is 0 Å². The molecule has 0 aliphatic heterocycles. The normalized spacial score (nSPS) is 13.8. The molecule has 0 aromatic carbocycles. The summed E-state index contributed by atoms with van der Waals surface area (Å²) in [4.78, 5) is 87.1. The van der Waals surface area contributed by atoms with Crippen molar-refractivity contribution >= 4 is 47.9 Å². The molecule has 0 radical (unpaired) electrons. The number of carbonyl (C=O) groups is 6. The number of carbonyl (C=O) groups excluding carboxylic acids is 6. The molecule has 1 aromatic rings. The smallest absolute Gasteiger partial charge is 0.303 e. The van der Waals surface area contributed by atoms with Gasteiger partial charge in [-0.15, -0.1) is 0 Å². The van der Waals surface area contributed by atoms with E-state index in [1.54, 1.807) is 0 Å². The van der Waals surface area contributed by atoms with E-state index in [-0.39, 0.29) is 11.6 Å². The van der Waals surface area contributed by atoms with Crippen molar-refractivity contribution in [1.29, 1.82) is 0 Å². The van der Waals surface area contributed by atoms with Crippen molar-refractivity contribution < 1.29 is 52.5 Å². The lowest BCUT2D eigenvalue weighted by Gasteiger charge is -2.34. The van der Waals surface area contributed by atoms with Gasteiger partial charge in [-0.3, -0.25) is 33.6 Å². The van der Waals surface area contributed by atoms with E-state index >= 15 is 0 Å². The topological polar surface area (TPSA) is 208 Å². The Morgan fingerprint density at radius 3 is 1.90 bits per heavy atom. The number of esters is 5. The zero-order chi connectivity index (χ0) is 29.9. The molecule has 214 valence electrons. The van der Waals surface area contributed by atoms with Crippen LogP contribution in [0.4, 0.5) is 5.95 Å². The zero-order valence-electron chi connectivity index (χ0n) is 22.4. The summed E-state index contributed by atoms with van der Waals surface area (Å²) in [7, 11) is 0. The second-order valence-electron chi connectivity index (χ2n) is 7.98. The molecule has 0 spiro atoms. The number of aryl methyl sites for hydroxylation is 1. The van der Waals surface area contributed by atoms with Crippen molar-refractivity contribution in [3.8, 4) is 0 Å². The third-order valence-corrected chi connectivity index (χ3v) is 4.44. The van der Waals surface area contributed by atoms with Crippen molar-refractivity contribution in [2.45, 2.75) is 72.9 Å². The Bertz CT molecular complexity index is 1190. The SMILES string of the molecule is CC(=O)OC[C@@H](OC(C)=O)[C@@H](OC(C)=O)[C@H](OC(C)=O)[C@H](/C=N/Nc1nc(C)cc(=O)n1C(C)=O)OC(C)=O. The van der Waals surface area contributed by atoms with Crippen LogP contribution in [0.2, 0.25) is 0 Å². The first-order chi connectivity index (χ1) is 18.1. The van der Waals surface area contributed by atoms with Crippen molar-refractivity contribution in [1.82, 2.24) is 9.55 Å². The van der Waals surface area contributed by atoms with E-state index in [1.807, 2.05) is 0 Å². The summed E-state index contributed by atoms with van der Waals surface area (Å²) in [5.41, 5.74) is 1.95. The third kappa shape index (κ3) is 11.1. The lowest BCUT2D eigenvalue weighted by atomic mass is 10.0. The first-order valence-electron chi connectivity index (χ1n) is 11.3. The maximum Gasteiger partial charge on any atom is 0.303 e. The lowest BCUT2D eigenvalue weighted by molar-refractivity contribution is -0.197. The number of nitrogens with zero attached hydrogens (tertiary/aromatic N) is 3. The molecule has 0 aliphatic rings. The van der Waals surface area contributed by atoms with Crippen LogP contribution in [0.5, 0.6) is 0 Å². The second-order valence-corrected chi connectivity index (χ2v) is 7.98. The Labute approximate surface area is 222 Å². The molecule has 16 nitrogen and oxygen atoms in total. The van der Waals surface area contributed by atoms with E-state index in [4.69, 9.17) is 23.7 Å². The number of hydrogen-bond donors (Lipinski definition) is 1. The summed E-state index contributed by atoms with van der Waals surface area (Å²) in [5, 5.41) is 3.85. The molecule has 0 saturated heterocycles. The number of ether oxygens (including phenoxy) is 5. The summed E-state index contributed by atoms with van der Waals surface area (Å²) in [5.74, 6) is -5.30. The zero-order valence-corrected chi connectivity index (χ0v) is 22.4. The number of aromatic nitrogens is 2. The largest absolute Gasteiger partial charge is 0.462 e. The predicted octanol–water partition coefficient (Wildman–Crippen LogP) is -0.101. The summed E-state index contributed by atoms with van der Waals surface area (Å²) in [6.07, 6.45) is -5.58. The molecule has 0 unspecified atom stereocenters. The van der Waals surface area contributed by atoms with Gasteiger partial charge in [-0.05, 0) is 6.92 Å². The Balaban J connectivity index is 3.59. The van der Waals surface area contributed by atoms with Crippen molar-refractivity contribution in [2.75, 3.05) is 12.0 Å². The summed E-state index contributed by atoms with van der Waals surface area (Å²) < 4.78 is 26.5. The highest BCUT2D eigenvalue weighted by Gasteiger charge is 2.43. The van der Waals surface area contributed by atoms with E-state index in [9.17, 15) is 33.6 Å². The van der Waals surface area contributed by atoms with Crippen LogP contribution >= 0.6 is 0 Å². The standard InChI is InChI=1S/C23H30N4O12/c1-11-8-20(34)27(12(2)28)23(25-11)26-24-9-18(36-14(4)30)21(38-16(6)32)22(39-17(7)33)19(37-15(5)31)10-35-13(3)29/h8-9,18-19,21-22H,10H2,1-7H3,(H,25,26)/b24-9+/t18-,19+,21+,22+/m0/s1. The maximum atomic E-state index is 12.2. The van der Waals surface area contributed by atoms with E-state index < -0.39 is 72.3 Å². The van der Waals surface area contributed by atoms with Gasteiger partial charge >= 0.3 is 29.8 Å². The van der Waals surface area contributed by atoms with Crippen molar-refractivity contribution in [3.63, 3.8) is 0 Å². The highest BCUT2D eigenvalue weighted by molar-refractivity contribution is 5.79. The minimum absolute atomic E-state index is 0.258. The highest BCUT2D eigenvalue weighted by Crippen LogP contribution is 2.20. The second kappa shape index (κ2) is 14.9. The van der Waals surface area contributed by atoms with Gasteiger partial charge in [-0.2, -0.15) is 5.10 Å². The van der Waals surface area contributed by atoms with Gasteiger partial charge in [0.1, 0.15) is 6.61 Å². The first kappa shape index (κ1) is 32.4. The molecule has 0 amide bonds. The van der Waals surface area contributed by atoms with E-state index in [0.717, 1.165) is 53.8 Å². The van der Waals surface area contributed by atoms with Crippen molar-refractivity contribution in [2.24, 2.45) is 5.10 Å². The molecule has 16 heteroatoms. The first-order valence-corrected chi connectivity index (χ1v) is 11.3. The van der Waals surface area contributed by atoms with Crippen LogP contribution in [-0.2, 0) is 47.7 Å². The number of hydrazone groups is 1. The molecular weight excluding hydrogens is 524 g/mol. The average molecular weight is 555 g/mol. The minimum atomic E-state index is -1.69. The molecule has 0 fully saturated rings. The fraction of sp³-hybridized carbons (Fsp3) is 0.522. The van der Waals surface area contributed by atoms with Gasteiger partial charge in [0.2, 0.25) is 11.9 Å². The molecule has 39 heavy (non-hydrogen) atoms. The quantitative estimate of drug-likeness (QED) is 0.155. The molecule has 0 aliphatic carbocycles. The molecule has 0 saturated carbocycles. The number of nitrogens with one attached hydrogen (secondary N) is 1. The summed E-state index contributed by atoms with van der Waals surface area (Å²) >= 11 is 0. The summed E-state index contributed by atoms with van der Waals surface area (Å²) in [6.45, 7) is 7.15. The number of rotatable bonds is 12. The van der Waals surface area contributed by atoms with Crippen LogP contribution in [0.3, 0.4) is 0 Å². The van der Waals surface area contributed by atoms with Crippen LogP contribution in [0.1, 0.15) is 52.0 Å². The highest BCUT2D eigenvalue weighted by atomic mass is 16.6. The monoisotopic (exact) mass is 554 g/mol. The van der Waals surface area contributed by atoms with E-state index in [1.165, 1.54) is 6.92 Å². The van der Waals surface area contributed by atoms with Crippen LogP contribution in [0.15, 0.2) is 16.0 Å². The Kier molecular flexibility index (Phi) is 12.4. The van der Waals surface area contributed by atoms with Crippen LogP contribution < -0.4 is 11.0 Å². The Hall–Kier alpha value is -4.63. The van der Waals surface area contributed by atoms with Crippen LogP contribution in [0.25, 0.3) is 0 Å². The molecular formula is C23H30N4O12. The summed E-state index contributed by atoms with van der Waals surface area (Å²) in [6, 6.07) is 1.12. The Morgan fingerprint density at radius 2 is 1.41 bits per heavy atom. The van der Waals surface area contributed by atoms with Gasteiger partial charge in [-0.25, -0.2) is 15.0 Å².